The predicted molar refractivity (Wildman–Crippen MR) is 57.0 cm³/mol. The Morgan fingerprint density at radius 1 is 1.27 bits per heavy atom. The summed E-state index contributed by atoms with van der Waals surface area (Å²) in [6.07, 6.45) is 0.864. The fourth-order valence-electron chi connectivity index (χ4n) is 2.20. The fourth-order valence-corrected chi connectivity index (χ4v) is 2.20. The molecule has 0 aromatic rings. The van der Waals surface area contributed by atoms with Gasteiger partial charge in [0.1, 0.15) is 0 Å². The van der Waals surface area contributed by atoms with Crippen LogP contribution in [0.5, 0.6) is 0 Å². The third-order valence-corrected chi connectivity index (χ3v) is 3.56. The summed E-state index contributed by atoms with van der Waals surface area (Å²) in [6, 6.07) is 0. The molecule has 2 unspecified atom stereocenters. The molecule has 0 spiro atoms. The van der Waals surface area contributed by atoms with E-state index in [1.54, 1.807) is 0 Å². The Morgan fingerprint density at radius 2 is 1.80 bits per heavy atom. The Labute approximate surface area is 91.2 Å². The van der Waals surface area contributed by atoms with Crippen LogP contribution in [0.1, 0.15) is 41.0 Å². The van der Waals surface area contributed by atoms with Crippen LogP contribution in [-0.4, -0.2) is 11.9 Å². The molecule has 86 valence electrons. The normalized spacial score (nSPS) is 27.3. The van der Waals surface area contributed by atoms with Gasteiger partial charge < -0.3 is 4.74 Å². The van der Waals surface area contributed by atoms with Gasteiger partial charge >= 0.3 is 11.9 Å². The minimum absolute atomic E-state index is 0.153. The summed E-state index contributed by atoms with van der Waals surface area (Å²) >= 11 is 0. The van der Waals surface area contributed by atoms with E-state index < -0.39 is 0 Å². The van der Waals surface area contributed by atoms with E-state index >= 15 is 0 Å². The zero-order valence-corrected chi connectivity index (χ0v) is 10.2. The highest BCUT2D eigenvalue weighted by Gasteiger charge is 2.52. The van der Waals surface area contributed by atoms with Crippen LogP contribution in [0.4, 0.5) is 0 Å². The summed E-state index contributed by atoms with van der Waals surface area (Å²) < 4.78 is 4.76. The van der Waals surface area contributed by atoms with Crippen LogP contribution in [0, 0.1) is 23.2 Å². The average molecular weight is 212 g/mol. The molecule has 0 aromatic carbocycles. The maximum Gasteiger partial charge on any atom is 0.318 e. The van der Waals surface area contributed by atoms with Gasteiger partial charge in [0.05, 0.1) is 11.8 Å². The second kappa shape index (κ2) is 3.95. The van der Waals surface area contributed by atoms with Gasteiger partial charge in [-0.15, -0.1) is 0 Å². The highest BCUT2D eigenvalue weighted by Crippen LogP contribution is 2.43. The lowest BCUT2D eigenvalue weighted by Gasteiger charge is -2.31. The third kappa shape index (κ3) is 2.06. The molecule has 0 bridgehead atoms. The van der Waals surface area contributed by atoms with Crippen LogP contribution >= 0.6 is 0 Å². The molecule has 1 heterocycles. The standard InChI is InChI=1S/C12H20O3/c1-6-12(4,5)9-8(7(2)3)10(13)15-11(9)14/h7-9H,6H2,1-5H3. The Kier molecular flexibility index (Phi) is 3.22. The average Bonchev–Trinajstić information content (AvgIpc) is 2.41. The third-order valence-electron chi connectivity index (χ3n) is 3.56. The van der Waals surface area contributed by atoms with Crippen LogP contribution in [0.25, 0.3) is 0 Å². The number of cyclic esters (lactones) is 2. The van der Waals surface area contributed by atoms with Crippen LogP contribution < -0.4 is 0 Å². The molecule has 1 fully saturated rings. The van der Waals surface area contributed by atoms with Crippen LogP contribution in [0.2, 0.25) is 0 Å². The minimum Gasteiger partial charge on any atom is -0.393 e. The van der Waals surface area contributed by atoms with Crippen molar-refractivity contribution >= 4 is 11.9 Å². The molecule has 15 heavy (non-hydrogen) atoms. The number of ether oxygens (including phenoxy) is 1. The van der Waals surface area contributed by atoms with Crippen LogP contribution in [0.15, 0.2) is 0 Å². The lowest BCUT2D eigenvalue weighted by atomic mass is 9.68. The van der Waals surface area contributed by atoms with E-state index in [4.69, 9.17) is 4.74 Å². The van der Waals surface area contributed by atoms with Crippen molar-refractivity contribution < 1.29 is 14.3 Å². The molecule has 3 nitrogen and oxygen atoms in total. The van der Waals surface area contributed by atoms with Crippen molar-refractivity contribution in [3.63, 3.8) is 0 Å². The lowest BCUT2D eigenvalue weighted by Crippen LogP contribution is -2.35. The molecular weight excluding hydrogens is 192 g/mol. The van der Waals surface area contributed by atoms with Gasteiger partial charge in [0.2, 0.25) is 0 Å². The number of hydrogen-bond acceptors (Lipinski definition) is 3. The molecule has 0 saturated carbocycles. The Bertz CT molecular complexity index is 279. The second-order valence-corrected chi connectivity index (χ2v) is 5.33. The summed E-state index contributed by atoms with van der Waals surface area (Å²) in [6.45, 7) is 10.00. The first-order valence-electron chi connectivity index (χ1n) is 5.56. The first-order chi connectivity index (χ1) is 6.81. The van der Waals surface area contributed by atoms with E-state index in [-0.39, 0.29) is 35.1 Å². The van der Waals surface area contributed by atoms with Crippen LogP contribution in [0.3, 0.4) is 0 Å². The van der Waals surface area contributed by atoms with Crippen molar-refractivity contribution in [1.29, 1.82) is 0 Å². The predicted octanol–water partition coefficient (Wildman–Crippen LogP) is 2.39. The molecule has 0 amide bonds. The van der Waals surface area contributed by atoms with Gasteiger partial charge in [0.15, 0.2) is 0 Å². The molecule has 0 aromatic heterocycles. The number of carbonyl (C=O) groups excluding carboxylic acids is 2. The second-order valence-electron chi connectivity index (χ2n) is 5.33. The Morgan fingerprint density at radius 3 is 2.20 bits per heavy atom. The van der Waals surface area contributed by atoms with Gasteiger partial charge in [-0.25, -0.2) is 0 Å². The number of carbonyl (C=O) groups is 2. The molecule has 1 rings (SSSR count). The van der Waals surface area contributed by atoms with Crippen molar-refractivity contribution in [2.24, 2.45) is 23.2 Å². The first kappa shape index (κ1) is 12.2. The summed E-state index contributed by atoms with van der Waals surface area (Å²) in [7, 11) is 0. The van der Waals surface area contributed by atoms with Crippen molar-refractivity contribution in [2.45, 2.75) is 41.0 Å². The summed E-state index contributed by atoms with van der Waals surface area (Å²) in [5.41, 5.74) is -0.168. The molecule has 2 atom stereocenters. The molecule has 1 aliphatic rings. The van der Waals surface area contributed by atoms with Crippen LogP contribution in [-0.2, 0) is 14.3 Å². The van der Waals surface area contributed by atoms with Gasteiger partial charge in [0.25, 0.3) is 0 Å². The summed E-state index contributed by atoms with van der Waals surface area (Å²) in [5, 5.41) is 0. The maximum absolute atomic E-state index is 11.7. The number of hydrogen-bond donors (Lipinski definition) is 0. The van der Waals surface area contributed by atoms with E-state index in [9.17, 15) is 9.59 Å². The fraction of sp³-hybridized carbons (Fsp3) is 0.833. The zero-order valence-electron chi connectivity index (χ0n) is 10.2. The molecule has 0 N–H and O–H groups in total. The minimum atomic E-state index is -0.346. The van der Waals surface area contributed by atoms with Gasteiger partial charge in [-0.3, -0.25) is 9.59 Å². The maximum atomic E-state index is 11.7. The van der Waals surface area contributed by atoms with E-state index in [2.05, 4.69) is 0 Å². The largest absolute Gasteiger partial charge is 0.393 e. The first-order valence-corrected chi connectivity index (χ1v) is 5.56. The van der Waals surface area contributed by atoms with Gasteiger partial charge in [-0.2, -0.15) is 0 Å². The Balaban J connectivity index is 3.03. The zero-order chi connectivity index (χ0) is 11.8. The molecule has 0 radical (unpaired) electrons. The molecule has 1 aliphatic heterocycles. The molecule has 3 heteroatoms. The highest BCUT2D eigenvalue weighted by atomic mass is 16.6. The topological polar surface area (TPSA) is 43.4 Å². The van der Waals surface area contributed by atoms with E-state index in [1.807, 2.05) is 34.6 Å². The summed E-state index contributed by atoms with van der Waals surface area (Å²) in [5.74, 6) is -1.09. The van der Waals surface area contributed by atoms with E-state index in [1.165, 1.54) is 0 Å². The monoisotopic (exact) mass is 212 g/mol. The van der Waals surface area contributed by atoms with Crippen molar-refractivity contribution in [1.82, 2.24) is 0 Å². The van der Waals surface area contributed by atoms with E-state index in [0.717, 1.165) is 6.42 Å². The van der Waals surface area contributed by atoms with Gasteiger partial charge in [0, 0.05) is 0 Å². The SMILES string of the molecule is CCC(C)(C)C1C(=O)OC(=O)C1C(C)C. The van der Waals surface area contributed by atoms with Crippen molar-refractivity contribution in [2.75, 3.05) is 0 Å². The smallest absolute Gasteiger partial charge is 0.318 e. The van der Waals surface area contributed by atoms with Crippen molar-refractivity contribution in [3.05, 3.63) is 0 Å². The number of esters is 2. The lowest BCUT2D eigenvalue weighted by molar-refractivity contribution is -0.154. The molecule has 0 aliphatic carbocycles. The van der Waals surface area contributed by atoms with E-state index in [0.29, 0.717) is 0 Å². The van der Waals surface area contributed by atoms with Crippen molar-refractivity contribution in [3.8, 4) is 0 Å². The molecular formula is C12H20O3. The highest BCUT2D eigenvalue weighted by molar-refractivity contribution is 5.97. The quantitative estimate of drug-likeness (QED) is 0.533. The number of rotatable bonds is 3. The summed E-state index contributed by atoms with van der Waals surface area (Å²) in [4.78, 5) is 23.2. The molecule has 1 saturated heterocycles. The van der Waals surface area contributed by atoms with Gasteiger partial charge in [-0.1, -0.05) is 41.0 Å². The van der Waals surface area contributed by atoms with Gasteiger partial charge in [-0.05, 0) is 11.3 Å². The Hall–Kier alpha value is -0.860.